The van der Waals surface area contributed by atoms with Gasteiger partial charge in [-0.1, -0.05) is 35.9 Å². The van der Waals surface area contributed by atoms with Crippen LogP contribution < -0.4 is 10.1 Å². The summed E-state index contributed by atoms with van der Waals surface area (Å²) in [5.41, 5.74) is 5.77. The van der Waals surface area contributed by atoms with Gasteiger partial charge in [0.2, 0.25) is 0 Å². The van der Waals surface area contributed by atoms with E-state index in [-0.39, 0.29) is 12.0 Å². The molecule has 3 aromatic heterocycles. The van der Waals surface area contributed by atoms with Crippen LogP contribution in [0.4, 0.5) is 5.69 Å². The average molecular weight is 478 g/mol. The van der Waals surface area contributed by atoms with Crippen LogP contribution in [-0.4, -0.2) is 44.2 Å². The number of imidazole rings is 1. The number of aromatic amines is 1. The predicted molar refractivity (Wildman–Crippen MR) is 131 cm³/mol. The molecule has 1 aliphatic carbocycles. The van der Waals surface area contributed by atoms with Crippen molar-refractivity contribution in [3.63, 3.8) is 0 Å². The van der Waals surface area contributed by atoms with E-state index in [0.29, 0.717) is 53.6 Å². The van der Waals surface area contributed by atoms with E-state index >= 15 is 0 Å². The van der Waals surface area contributed by atoms with E-state index in [2.05, 4.69) is 25.3 Å². The van der Waals surface area contributed by atoms with Gasteiger partial charge in [-0.2, -0.15) is 4.98 Å². The molecular formula is C25H24ClN5O3. The van der Waals surface area contributed by atoms with Crippen molar-refractivity contribution in [2.75, 3.05) is 12.4 Å². The lowest BCUT2D eigenvalue weighted by Gasteiger charge is -2.25. The molecule has 0 aliphatic heterocycles. The van der Waals surface area contributed by atoms with Gasteiger partial charge in [-0.05, 0) is 43.4 Å². The second kappa shape index (κ2) is 9.30. The molecule has 1 fully saturated rings. The minimum atomic E-state index is -0.732. The van der Waals surface area contributed by atoms with E-state index in [1.165, 1.54) is 0 Å². The fourth-order valence-electron chi connectivity index (χ4n) is 4.39. The minimum Gasteiger partial charge on any atom is -0.481 e. The number of carbonyl (C=O) groups is 1. The van der Waals surface area contributed by atoms with Crippen molar-refractivity contribution in [3.8, 4) is 28.4 Å². The summed E-state index contributed by atoms with van der Waals surface area (Å²) in [5, 5.41) is 12.9. The Balaban J connectivity index is 1.36. The number of carboxylic acid groups (broad SMARTS) is 1. The van der Waals surface area contributed by atoms with Gasteiger partial charge in [-0.25, -0.2) is 4.98 Å². The normalized spacial score (nSPS) is 18.1. The molecular weight excluding hydrogens is 454 g/mol. The predicted octanol–water partition coefficient (Wildman–Crippen LogP) is 5.40. The van der Waals surface area contributed by atoms with Crippen LogP contribution in [0.5, 0.6) is 6.01 Å². The van der Waals surface area contributed by atoms with Crippen LogP contribution in [0.15, 0.2) is 48.8 Å². The van der Waals surface area contributed by atoms with Gasteiger partial charge < -0.3 is 20.1 Å². The minimum absolute atomic E-state index is 0.0615. The molecule has 1 aromatic carbocycles. The zero-order chi connectivity index (χ0) is 23.7. The van der Waals surface area contributed by atoms with Gasteiger partial charge in [-0.15, -0.1) is 0 Å². The highest BCUT2D eigenvalue weighted by Crippen LogP contribution is 2.33. The van der Waals surface area contributed by atoms with Crippen molar-refractivity contribution in [1.82, 2.24) is 19.9 Å². The number of nitrogens with zero attached hydrogens (tertiary/aromatic N) is 3. The Kier molecular flexibility index (Phi) is 6.06. The summed E-state index contributed by atoms with van der Waals surface area (Å²) in [7, 11) is 1.88. The van der Waals surface area contributed by atoms with Crippen LogP contribution in [-0.2, 0) is 4.79 Å². The quantitative estimate of drug-likeness (QED) is 0.340. The van der Waals surface area contributed by atoms with Crippen molar-refractivity contribution < 1.29 is 14.6 Å². The highest BCUT2D eigenvalue weighted by Gasteiger charge is 2.27. The molecule has 0 saturated heterocycles. The monoisotopic (exact) mass is 477 g/mol. The molecule has 5 rings (SSSR count). The molecule has 0 bridgehead atoms. The first-order chi connectivity index (χ1) is 16.5. The topological polar surface area (TPSA) is 113 Å². The third-order valence-corrected chi connectivity index (χ3v) is 6.55. The standard InChI is InChI=1S/C25H24ClN5O3/c1-27-20-10-11-28-13-18(20)14-2-4-15(5-3-14)22-19(26)12-21-23(30-22)31-25(29-21)34-17-8-6-16(7-9-17)24(32)33/h2-5,10-13,16-17H,6-9H2,1H3,(H,27,28)(H,32,33)(H,29,30,31)/t16-,17-. The highest BCUT2D eigenvalue weighted by atomic mass is 35.5. The molecule has 1 saturated carbocycles. The maximum absolute atomic E-state index is 11.2. The number of nitrogens with one attached hydrogen (secondary N) is 2. The Bertz CT molecular complexity index is 1330. The van der Waals surface area contributed by atoms with Crippen molar-refractivity contribution >= 4 is 34.4 Å². The molecule has 3 heterocycles. The molecule has 0 radical (unpaired) electrons. The molecule has 3 N–H and O–H groups in total. The largest absolute Gasteiger partial charge is 0.481 e. The lowest BCUT2D eigenvalue weighted by Crippen LogP contribution is -2.28. The Morgan fingerprint density at radius 2 is 1.85 bits per heavy atom. The summed E-state index contributed by atoms with van der Waals surface area (Å²) in [6.45, 7) is 0. The van der Waals surface area contributed by atoms with E-state index in [0.717, 1.165) is 22.4 Å². The van der Waals surface area contributed by atoms with Crippen LogP contribution in [0.3, 0.4) is 0 Å². The van der Waals surface area contributed by atoms with Gasteiger partial charge in [0, 0.05) is 36.3 Å². The van der Waals surface area contributed by atoms with Gasteiger partial charge in [0.1, 0.15) is 6.10 Å². The van der Waals surface area contributed by atoms with Crippen LogP contribution in [0.1, 0.15) is 25.7 Å². The molecule has 174 valence electrons. The number of benzene rings is 1. The summed E-state index contributed by atoms with van der Waals surface area (Å²) in [6, 6.07) is 12.1. The van der Waals surface area contributed by atoms with Crippen LogP contribution in [0.2, 0.25) is 5.02 Å². The summed E-state index contributed by atoms with van der Waals surface area (Å²) in [5.74, 6) is -1.02. The Morgan fingerprint density at radius 1 is 1.12 bits per heavy atom. The molecule has 0 unspecified atom stereocenters. The van der Waals surface area contributed by atoms with Crippen molar-refractivity contribution in [2.45, 2.75) is 31.8 Å². The smallest absolute Gasteiger partial charge is 0.306 e. The number of hydrogen-bond acceptors (Lipinski definition) is 6. The zero-order valence-corrected chi connectivity index (χ0v) is 19.3. The number of ether oxygens (including phenoxy) is 1. The average Bonchev–Trinajstić information content (AvgIpc) is 3.24. The molecule has 1 aliphatic rings. The van der Waals surface area contributed by atoms with E-state index in [1.807, 2.05) is 43.6 Å². The number of fused-ring (bicyclic) bond motifs is 1. The number of halogens is 1. The fraction of sp³-hybridized carbons (Fsp3) is 0.280. The Morgan fingerprint density at radius 3 is 2.56 bits per heavy atom. The first-order valence-corrected chi connectivity index (χ1v) is 11.6. The zero-order valence-electron chi connectivity index (χ0n) is 18.6. The maximum Gasteiger partial charge on any atom is 0.306 e. The number of rotatable bonds is 6. The third kappa shape index (κ3) is 4.41. The molecule has 0 atom stereocenters. The molecule has 34 heavy (non-hydrogen) atoms. The van der Waals surface area contributed by atoms with Crippen molar-refractivity contribution in [2.24, 2.45) is 5.92 Å². The number of carboxylic acids is 1. The highest BCUT2D eigenvalue weighted by molar-refractivity contribution is 6.33. The SMILES string of the molecule is CNc1ccncc1-c1ccc(-c2nc3nc(O[C@H]4CC[C@H](C(=O)O)CC4)[nH]c3cc2Cl)cc1. The number of anilines is 1. The number of H-pyrrole nitrogens is 1. The molecule has 0 amide bonds. The number of hydrogen-bond donors (Lipinski definition) is 3. The van der Waals surface area contributed by atoms with E-state index in [4.69, 9.17) is 21.4 Å². The van der Waals surface area contributed by atoms with Crippen LogP contribution >= 0.6 is 11.6 Å². The number of pyridine rings is 2. The Labute approximate surface area is 201 Å². The molecule has 8 nitrogen and oxygen atoms in total. The lowest BCUT2D eigenvalue weighted by molar-refractivity contribution is -0.143. The summed E-state index contributed by atoms with van der Waals surface area (Å²) in [4.78, 5) is 27.7. The summed E-state index contributed by atoms with van der Waals surface area (Å²) >= 11 is 6.56. The van der Waals surface area contributed by atoms with Gasteiger partial charge >= 0.3 is 5.97 Å². The first-order valence-electron chi connectivity index (χ1n) is 11.2. The van der Waals surface area contributed by atoms with Crippen LogP contribution in [0.25, 0.3) is 33.5 Å². The molecule has 4 aromatic rings. The van der Waals surface area contributed by atoms with Crippen molar-refractivity contribution in [1.29, 1.82) is 0 Å². The number of aliphatic carboxylic acids is 1. The summed E-state index contributed by atoms with van der Waals surface area (Å²) < 4.78 is 5.99. The fourth-order valence-corrected chi connectivity index (χ4v) is 4.65. The van der Waals surface area contributed by atoms with Gasteiger partial charge in [-0.3, -0.25) is 9.78 Å². The summed E-state index contributed by atoms with van der Waals surface area (Å²) in [6.07, 6.45) is 6.12. The Hall–Kier alpha value is -3.65. The third-order valence-electron chi connectivity index (χ3n) is 6.27. The van der Waals surface area contributed by atoms with E-state index in [1.54, 1.807) is 12.3 Å². The molecule has 9 heteroatoms. The second-order valence-electron chi connectivity index (χ2n) is 8.41. The van der Waals surface area contributed by atoms with Crippen molar-refractivity contribution in [3.05, 3.63) is 53.8 Å². The van der Waals surface area contributed by atoms with E-state index in [9.17, 15) is 4.79 Å². The van der Waals surface area contributed by atoms with Crippen LogP contribution in [0, 0.1) is 5.92 Å². The second-order valence-corrected chi connectivity index (χ2v) is 8.82. The molecule has 0 spiro atoms. The first kappa shape index (κ1) is 22.2. The lowest BCUT2D eigenvalue weighted by atomic mass is 9.87. The van der Waals surface area contributed by atoms with Gasteiger partial charge in [0.25, 0.3) is 6.01 Å². The van der Waals surface area contributed by atoms with Gasteiger partial charge in [0.05, 0.1) is 22.2 Å². The maximum atomic E-state index is 11.2. The number of aromatic nitrogens is 4. The van der Waals surface area contributed by atoms with E-state index < -0.39 is 5.97 Å². The van der Waals surface area contributed by atoms with Gasteiger partial charge in [0.15, 0.2) is 5.65 Å².